The van der Waals surface area contributed by atoms with Crippen molar-refractivity contribution in [2.75, 3.05) is 6.54 Å². The Hall–Kier alpha value is -0.850. The number of carbonyl (C=O) groups excluding carboxylic acids is 2. The molecule has 1 aliphatic rings. The maximum Gasteiger partial charge on any atom is 0.293 e. The van der Waals surface area contributed by atoms with Gasteiger partial charge in [-0.1, -0.05) is 6.08 Å². The van der Waals surface area contributed by atoms with Gasteiger partial charge in [-0.2, -0.15) is 0 Å². The number of thioether (sulfide) groups is 1. The first-order valence-electron chi connectivity index (χ1n) is 4.73. The molecule has 0 aromatic carbocycles. The fourth-order valence-corrected chi connectivity index (χ4v) is 3.60. The smallest absolute Gasteiger partial charge is 0.268 e. The fourth-order valence-electron chi connectivity index (χ4n) is 1.32. The SMILES string of the molecule is C=CCN1C(=O)S/C(=C\c2ccc(Br)s2)C1=O. The van der Waals surface area contributed by atoms with Crippen LogP contribution in [0.1, 0.15) is 4.88 Å². The molecule has 0 spiro atoms. The molecular weight excluding hydrogens is 322 g/mol. The first kappa shape index (κ1) is 12.6. The van der Waals surface area contributed by atoms with Gasteiger partial charge in [-0.05, 0) is 45.9 Å². The van der Waals surface area contributed by atoms with Crippen LogP contribution in [-0.4, -0.2) is 22.6 Å². The Morgan fingerprint density at radius 2 is 2.18 bits per heavy atom. The minimum atomic E-state index is -0.246. The Morgan fingerprint density at radius 3 is 2.76 bits per heavy atom. The molecule has 2 rings (SSSR count). The van der Waals surface area contributed by atoms with Crippen molar-refractivity contribution in [1.29, 1.82) is 0 Å². The quantitative estimate of drug-likeness (QED) is 0.626. The molecular formula is C11H8BrNO2S2. The predicted octanol–water partition coefficient (Wildman–Crippen LogP) is 3.73. The van der Waals surface area contributed by atoms with Crippen LogP contribution in [0.15, 0.2) is 33.5 Å². The lowest BCUT2D eigenvalue weighted by Gasteiger charge is -2.07. The molecule has 1 saturated heterocycles. The molecule has 0 aliphatic carbocycles. The summed E-state index contributed by atoms with van der Waals surface area (Å²) in [6, 6.07) is 3.81. The van der Waals surface area contributed by atoms with Crippen LogP contribution in [0.3, 0.4) is 0 Å². The Labute approximate surface area is 115 Å². The maximum absolute atomic E-state index is 11.9. The highest BCUT2D eigenvalue weighted by Crippen LogP contribution is 2.34. The maximum atomic E-state index is 11.9. The normalized spacial score (nSPS) is 18.2. The van der Waals surface area contributed by atoms with Gasteiger partial charge in [0.1, 0.15) is 0 Å². The molecule has 1 fully saturated rings. The highest BCUT2D eigenvalue weighted by Gasteiger charge is 2.34. The van der Waals surface area contributed by atoms with Gasteiger partial charge in [0.15, 0.2) is 0 Å². The average molecular weight is 330 g/mol. The van der Waals surface area contributed by atoms with Gasteiger partial charge in [-0.3, -0.25) is 14.5 Å². The lowest BCUT2D eigenvalue weighted by atomic mass is 10.3. The summed E-state index contributed by atoms with van der Waals surface area (Å²) in [5, 5.41) is -0.239. The van der Waals surface area contributed by atoms with Crippen LogP contribution in [0.4, 0.5) is 4.79 Å². The molecule has 1 aromatic heterocycles. The molecule has 0 radical (unpaired) electrons. The molecule has 0 atom stereocenters. The van der Waals surface area contributed by atoms with Crippen LogP contribution in [0.2, 0.25) is 0 Å². The molecule has 1 aliphatic heterocycles. The van der Waals surface area contributed by atoms with Gasteiger partial charge >= 0.3 is 0 Å². The molecule has 17 heavy (non-hydrogen) atoms. The third-order valence-corrected chi connectivity index (χ3v) is 4.53. The van der Waals surface area contributed by atoms with E-state index in [9.17, 15) is 9.59 Å². The molecule has 2 heterocycles. The van der Waals surface area contributed by atoms with Crippen molar-refractivity contribution in [3.63, 3.8) is 0 Å². The second-order valence-electron chi connectivity index (χ2n) is 3.22. The second kappa shape index (κ2) is 5.20. The van der Waals surface area contributed by atoms with Crippen molar-refractivity contribution in [2.45, 2.75) is 0 Å². The van der Waals surface area contributed by atoms with E-state index in [0.29, 0.717) is 4.91 Å². The van der Waals surface area contributed by atoms with E-state index in [-0.39, 0.29) is 17.7 Å². The van der Waals surface area contributed by atoms with E-state index in [1.807, 2.05) is 12.1 Å². The first-order valence-corrected chi connectivity index (χ1v) is 7.16. The Bertz CT molecular complexity index is 521. The van der Waals surface area contributed by atoms with E-state index in [1.54, 1.807) is 12.2 Å². The highest BCUT2D eigenvalue weighted by molar-refractivity contribution is 9.11. The van der Waals surface area contributed by atoms with Gasteiger partial charge < -0.3 is 0 Å². The highest BCUT2D eigenvalue weighted by atomic mass is 79.9. The molecule has 88 valence electrons. The Morgan fingerprint density at radius 1 is 1.41 bits per heavy atom. The number of thiophene rings is 1. The zero-order chi connectivity index (χ0) is 12.4. The van der Waals surface area contributed by atoms with E-state index < -0.39 is 0 Å². The summed E-state index contributed by atoms with van der Waals surface area (Å²) in [6.07, 6.45) is 3.28. The van der Waals surface area contributed by atoms with Gasteiger partial charge in [0.25, 0.3) is 11.1 Å². The first-order chi connectivity index (χ1) is 8.11. The molecule has 6 heteroatoms. The van der Waals surface area contributed by atoms with E-state index in [0.717, 1.165) is 20.4 Å². The van der Waals surface area contributed by atoms with Crippen LogP contribution in [-0.2, 0) is 4.79 Å². The van der Waals surface area contributed by atoms with Gasteiger partial charge in [0, 0.05) is 11.4 Å². The van der Waals surface area contributed by atoms with Gasteiger partial charge in [0.05, 0.1) is 8.69 Å². The monoisotopic (exact) mass is 329 g/mol. The van der Waals surface area contributed by atoms with Crippen molar-refractivity contribution >= 4 is 56.3 Å². The number of halogens is 1. The van der Waals surface area contributed by atoms with E-state index in [1.165, 1.54) is 16.2 Å². The van der Waals surface area contributed by atoms with Crippen molar-refractivity contribution in [3.05, 3.63) is 38.4 Å². The summed E-state index contributed by atoms with van der Waals surface area (Å²) >= 11 is 5.84. The average Bonchev–Trinajstić information content (AvgIpc) is 2.79. The lowest BCUT2D eigenvalue weighted by Crippen LogP contribution is -2.27. The van der Waals surface area contributed by atoms with Gasteiger partial charge in [-0.15, -0.1) is 17.9 Å². The summed E-state index contributed by atoms with van der Waals surface area (Å²) in [6.45, 7) is 3.79. The summed E-state index contributed by atoms with van der Waals surface area (Å²) in [7, 11) is 0. The predicted molar refractivity (Wildman–Crippen MR) is 74.9 cm³/mol. The number of rotatable bonds is 3. The van der Waals surface area contributed by atoms with Crippen molar-refractivity contribution in [1.82, 2.24) is 4.90 Å². The molecule has 0 saturated carbocycles. The van der Waals surface area contributed by atoms with Crippen LogP contribution < -0.4 is 0 Å². The molecule has 3 nitrogen and oxygen atoms in total. The number of hydrogen-bond acceptors (Lipinski definition) is 4. The van der Waals surface area contributed by atoms with Crippen LogP contribution in [0.5, 0.6) is 0 Å². The summed E-state index contributed by atoms with van der Waals surface area (Å²) in [4.78, 5) is 26.0. The molecule has 0 unspecified atom stereocenters. The van der Waals surface area contributed by atoms with Crippen molar-refractivity contribution < 1.29 is 9.59 Å². The number of amides is 2. The summed E-state index contributed by atoms with van der Waals surface area (Å²) in [5.41, 5.74) is 0. The van der Waals surface area contributed by atoms with Crippen molar-refractivity contribution in [2.24, 2.45) is 0 Å². The van der Waals surface area contributed by atoms with Crippen LogP contribution >= 0.6 is 39.0 Å². The fraction of sp³-hybridized carbons (Fsp3) is 0.0909. The second-order valence-corrected chi connectivity index (χ2v) is 6.71. The molecule has 1 aromatic rings. The van der Waals surface area contributed by atoms with E-state index >= 15 is 0 Å². The number of nitrogens with zero attached hydrogens (tertiary/aromatic N) is 1. The van der Waals surface area contributed by atoms with Gasteiger partial charge in [0.2, 0.25) is 0 Å². The third-order valence-electron chi connectivity index (χ3n) is 2.05. The van der Waals surface area contributed by atoms with Crippen LogP contribution in [0.25, 0.3) is 6.08 Å². The number of imide groups is 1. The summed E-state index contributed by atoms with van der Waals surface area (Å²) in [5.74, 6) is -0.246. The number of hydrogen-bond donors (Lipinski definition) is 0. The minimum absolute atomic E-state index is 0.239. The number of carbonyl (C=O) groups is 2. The Balaban J connectivity index is 2.24. The zero-order valence-corrected chi connectivity index (χ0v) is 11.9. The molecule has 0 N–H and O–H groups in total. The topological polar surface area (TPSA) is 37.4 Å². The zero-order valence-electron chi connectivity index (χ0n) is 8.68. The van der Waals surface area contributed by atoms with Crippen LogP contribution in [0, 0.1) is 0 Å². The lowest BCUT2D eigenvalue weighted by molar-refractivity contribution is -0.122. The summed E-state index contributed by atoms with van der Waals surface area (Å²) < 4.78 is 0.995. The van der Waals surface area contributed by atoms with Gasteiger partial charge in [-0.25, -0.2) is 0 Å². The molecule has 2 amide bonds. The van der Waals surface area contributed by atoms with Crippen molar-refractivity contribution in [3.8, 4) is 0 Å². The molecule has 0 bridgehead atoms. The van der Waals surface area contributed by atoms with E-state index in [2.05, 4.69) is 22.5 Å². The largest absolute Gasteiger partial charge is 0.293 e. The Kier molecular flexibility index (Phi) is 3.86. The third kappa shape index (κ3) is 2.70. The minimum Gasteiger partial charge on any atom is -0.268 e. The standard InChI is InChI=1S/C11H8BrNO2S2/c1-2-5-13-10(14)8(17-11(13)15)6-7-3-4-9(12)16-7/h2-4,6H,1,5H2/b8-6-. The van der Waals surface area contributed by atoms with E-state index in [4.69, 9.17) is 0 Å².